The molecule has 0 saturated carbocycles. The van der Waals surface area contributed by atoms with Crippen molar-refractivity contribution in [2.75, 3.05) is 11.1 Å². The van der Waals surface area contributed by atoms with Crippen molar-refractivity contribution in [3.05, 3.63) is 57.0 Å². The third-order valence-electron chi connectivity index (χ3n) is 2.64. The van der Waals surface area contributed by atoms with Crippen molar-refractivity contribution >= 4 is 52.1 Å². The standard InChI is InChI=1S/C14H11Cl3N2O/c15-9-2-4-13(12(18)7-9)19-14(20)6-8-1-3-10(16)11(17)5-8/h1-5,7H,6,18H2,(H,19,20). The summed E-state index contributed by atoms with van der Waals surface area (Å²) in [4.78, 5) is 11.9. The molecule has 1 amide bonds. The Hall–Kier alpha value is -1.42. The number of hydrogen-bond donors (Lipinski definition) is 2. The number of nitrogen functional groups attached to an aromatic ring is 1. The highest BCUT2D eigenvalue weighted by atomic mass is 35.5. The van der Waals surface area contributed by atoms with Crippen LogP contribution in [0.2, 0.25) is 15.1 Å². The van der Waals surface area contributed by atoms with Gasteiger partial charge in [0.25, 0.3) is 0 Å². The van der Waals surface area contributed by atoms with Crippen LogP contribution in [0.5, 0.6) is 0 Å². The molecule has 2 rings (SSSR count). The van der Waals surface area contributed by atoms with Crippen LogP contribution in [0.4, 0.5) is 11.4 Å². The Kier molecular flexibility index (Phi) is 4.76. The van der Waals surface area contributed by atoms with Gasteiger partial charge in [0.2, 0.25) is 5.91 Å². The molecule has 0 aromatic heterocycles. The summed E-state index contributed by atoms with van der Waals surface area (Å²) in [5.74, 6) is -0.197. The van der Waals surface area contributed by atoms with Gasteiger partial charge in [-0.3, -0.25) is 4.79 Å². The van der Waals surface area contributed by atoms with E-state index in [2.05, 4.69) is 5.32 Å². The first kappa shape index (κ1) is 15.0. The number of carbonyl (C=O) groups is 1. The van der Waals surface area contributed by atoms with Gasteiger partial charge in [0.05, 0.1) is 27.8 Å². The van der Waals surface area contributed by atoms with Gasteiger partial charge in [-0.1, -0.05) is 40.9 Å². The predicted octanol–water partition coefficient (Wildman–Crippen LogP) is 4.41. The first-order chi connectivity index (χ1) is 9.45. The summed E-state index contributed by atoms with van der Waals surface area (Å²) in [6, 6.07) is 9.96. The van der Waals surface area contributed by atoms with E-state index in [0.717, 1.165) is 5.56 Å². The maximum absolute atomic E-state index is 11.9. The molecular weight excluding hydrogens is 319 g/mol. The SMILES string of the molecule is Nc1cc(Cl)ccc1NC(=O)Cc1ccc(Cl)c(Cl)c1. The lowest BCUT2D eigenvalue weighted by atomic mass is 10.1. The van der Waals surface area contributed by atoms with Crippen molar-refractivity contribution in [3.8, 4) is 0 Å². The van der Waals surface area contributed by atoms with Gasteiger partial charge < -0.3 is 11.1 Å². The van der Waals surface area contributed by atoms with E-state index in [-0.39, 0.29) is 12.3 Å². The summed E-state index contributed by atoms with van der Waals surface area (Å²) >= 11 is 17.5. The average Bonchev–Trinajstić information content (AvgIpc) is 2.37. The largest absolute Gasteiger partial charge is 0.397 e. The highest BCUT2D eigenvalue weighted by Gasteiger charge is 2.08. The Bertz CT molecular complexity index is 659. The van der Waals surface area contributed by atoms with Crippen LogP contribution in [0.25, 0.3) is 0 Å². The second-order valence-electron chi connectivity index (χ2n) is 4.20. The molecule has 0 fully saturated rings. The average molecular weight is 330 g/mol. The molecule has 0 heterocycles. The normalized spacial score (nSPS) is 10.3. The molecule has 0 aliphatic rings. The van der Waals surface area contributed by atoms with E-state index in [9.17, 15) is 4.79 Å². The van der Waals surface area contributed by atoms with E-state index < -0.39 is 0 Å². The summed E-state index contributed by atoms with van der Waals surface area (Å²) in [5, 5.41) is 4.12. The monoisotopic (exact) mass is 328 g/mol. The van der Waals surface area contributed by atoms with Gasteiger partial charge in [-0.2, -0.15) is 0 Å². The molecule has 0 unspecified atom stereocenters. The Morgan fingerprint density at radius 3 is 2.45 bits per heavy atom. The maximum Gasteiger partial charge on any atom is 0.228 e. The van der Waals surface area contributed by atoms with Crippen molar-refractivity contribution in [2.24, 2.45) is 0 Å². The maximum atomic E-state index is 11.9. The minimum Gasteiger partial charge on any atom is -0.397 e. The molecule has 20 heavy (non-hydrogen) atoms. The lowest BCUT2D eigenvalue weighted by molar-refractivity contribution is -0.115. The van der Waals surface area contributed by atoms with Crippen LogP contribution in [0.1, 0.15) is 5.56 Å². The summed E-state index contributed by atoms with van der Waals surface area (Å²) in [6.45, 7) is 0. The fourth-order valence-electron chi connectivity index (χ4n) is 1.68. The molecule has 0 atom stereocenters. The van der Waals surface area contributed by atoms with Crippen LogP contribution in [-0.2, 0) is 11.2 Å². The third-order valence-corrected chi connectivity index (χ3v) is 3.61. The summed E-state index contributed by atoms with van der Waals surface area (Å²) in [5.41, 5.74) is 7.48. The lowest BCUT2D eigenvalue weighted by Crippen LogP contribution is -2.15. The fraction of sp³-hybridized carbons (Fsp3) is 0.0714. The lowest BCUT2D eigenvalue weighted by Gasteiger charge is -2.09. The molecule has 0 radical (unpaired) electrons. The number of amides is 1. The molecule has 0 aliphatic heterocycles. The topological polar surface area (TPSA) is 55.1 Å². The summed E-state index contributed by atoms with van der Waals surface area (Å²) in [6.07, 6.45) is 0.180. The fourth-order valence-corrected chi connectivity index (χ4v) is 2.18. The second kappa shape index (κ2) is 6.35. The molecule has 3 nitrogen and oxygen atoms in total. The number of nitrogens with one attached hydrogen (secondary N) is 1. The van der Waals surface area contributed by atoms with E-state index in [1.54, 1.807) is 36.4 Å². The number of benzene rings is 2. The summed E-state index contributed by atoms with van der Waals surface area (Å²) in [7, 11) is 0. The molecule has 0 saturated heterocycles. The zero-order valence-electron chi connectivity index (χ0n) is 10.3. The van der Waals surface area contributed by atoms with Crippen molar-refractivity contribution < 1.29 is 4.79 Å². The van der Waals surface area contributed by atoms with Crippen LogP contribution >= 0.6 is 34.8 Å². The minimum absolute atomic E-state index is 0.180. The van der Waals surface area contributed by atoms with Crippen LogP contribution in [0.3, 0.4) is 0 Å². The van der Waals surface area contributed by atoms with Crippen LogP contribution < -0.4 is 11.1 Å². The van der Waals surface area contributed by atoms with Crippen molar-refractivity contribution in [3.63, 3.8) is 0 Å². The molecular formula is C14H11Cl3N2O. The molecule has 0 spiro atoms. The van der Waals surface area contributed by atoms with Gasteiger partial charge in [0.1, 0.15) is 0 Å². The van der Waals surface area contributed by atoms with Crippen LogP contribution in [0.15, 0.2) is 36.4 Å². The van der Waals surface area contributed by atoms with Gasteiger partial charge in [0, 0.05) is 5.02 Å². The Morgan fingerprint density at radius 2 is 1.80 bits per heavy atom. The summed E-state index contributed by atoms with van der Waals surface area (Å²) < 4.78 is 0. The van der Waals surface area contributed by atoms with Crippen molar-refractivity contribution in [1.82, 2.24) is 0 Å². The van der Waals surface area contributed by atoms with Crippen LogP contribution in [-0.4, -0.2) is 5.91 Å². The van der Waals surface area contributed by atoms with E-state index in [0.29, 0.717) is 26.4 Å². The van der Waals surface area contributed by atoms with E-state index in [1.807, 2.05) is 0 Å². The predicted molar refractivity (Wildman–Crippen MR) is 84.7 cm³/mol. The van der Waals surface area contributed by atoms with E-state index >= 15 is 0 Å². The zero-order valence-corrected chi connectivity index (χ0v) is 12.6. The first-order valence-corrected chi connectivity index (χ1v) is 6.88. The second-order valence-corrected chi connectivity index (χ2v) is 5.46. The van der Waals surface area contributed by atoms with Crippen molar-refractivity contribution in [2.45, 2.75) is 6.42 Å². The number of anilines is 2. The molecule has 0 aliphatic carbocycles. The molecule has 104 valence electrons. The Morgan fingerprint density at radius 1 is 1.05 bits per heavy atom. The van der Waals surface area contributed by atoms with Gasteiger partial charge in [0.15, 0.2) is 0 Å². The quantitative estimate of drug-likeness (QED) is 0.819. The van der Waals surface area contributed by atoms with Crippen LogP contribution in [0, 0.1) is 0 Å². The molecule has 3 N–H and O–H groups in total. The zero-order chi connectivity index (χ0) is 14.7. The number of carbonyl (C=O) groups excluding carboxylic acids is 1. The highest BCUT2D eigenvalue weighted by Crippen LogP contribution is 2.24. The van der Waals surface area contributed by atoms with Gasteiger partial charge in [-0.15, -0.1) is 0 Å². The van der Waals surface area contributed by atoms with Crippen molar-refractivity contribution in [1.29, 1.82) is 0 Å². The number of halogens is 3. The molecule has 0 bridgehead atoms. The first-order valence-electron chi connectivity index (χ1n) is 5.74. The van der Waals surface area contributed by atoms with Gasteiger partial charge in [-0.25, -0.2) is 0 Å². The highest BCUT2D eigenvalue weighted by molar-refractivity contribution is 6.42. The Labute approximate surface area is 131 Å². The third kappa shape index (κ3) is 3.79. The van der Waals surface area contributed by atoms with E-state index in [1.165, 1.54) is 0 Å². The molecule has 6 heteroatoms. The minimum atomic E-state index is -0.197. The van der Waals surface area contributed by atoms with E-state index in [4.69, 9.17) is 40.5 Å². The van der Waals surface area contributed by atoms with Gasteiger partial charge >= 0.3 is 0 Å². The van der Waals surface area contributed by atoms with Gasteiger partial charge in [-0.05, 0) is 35.9 Å². The smallest absolute Gasteiger partial charge is 0.228 e. The molecule has 2 aromatic rings. The number of hydrogen-bond acceptors (Lipinski definition) is 2. The molecule has 2 aromatic carbocycles. The number of nitrogens with two attached hydrogens (primary N) is 1. The Balaban J connectivity index is 2.07. The number of rotatable bonds is 3.